The van der Waals surface area contributed by atoms with E-state index in [9.17, 15) is 9.59 Å². The van der Waals surface area contributed by atoms with Gasteiger partial charge in [0.1, 0.15) is 0 Å². The average molecular weight is 222 g/mol. The van der Waals surface area contributed by atoms with E-state index in [0.29, 0.717) is 17.8 Å². The predicted octanol–water partition coefficient (Wildman–Crippen LogP) is 2.03. The lowest BCUT2D eigenvalue weighted by Crippen LogP contribution is -2.22. The molecule has 2 N–H and O–H groups in total. The number of anilines is 1. The Hall–Kier alpha value is -1.84. The van der Waals surface area contributed by atoms with Crippen LogP contribution >= 0.6 is 0 Å². The van der Waals surface area contributed by atoms with Crippen LogP contribution in [0.5, 0.6) is 0 Å². The topological polar surface area (TPSA) is 58.2 Å². The summed E-state index contributed by atoms with van der Waals surface area (Å²) < 4.78 is 0. The van der Waals surface area contributed by atoms with Crippen LogP contribution < -0.4 is 10.6 Å². The number of rotatable bonds is 3. The van der Waals surface area contributed by atoms with Crippen LogP contribution in [0.15, 0.2) is 24.3 Å². The molecule has 0 radical (unpaired) electrons. The maximum absolute atomic E-state index is 11.4. The van der Waals surface area contributed by atoms with Gasteiger partial charge in [-0.05, 0) is 31.2 Å². The van der Waals surface area contributed by atoms with Crippen molar-refractivity contribution in [2.75, 3.05) is 11.9 Å². The zero-order valence-electron chi connectivity index (χ0n) is 8.83. The molecule has 1 rings (SSSR count). The number of hydrogen-bond acceptors (Lipinski definition) is 2. The number of amides is 2. The number of nitrogens with one attached hydrogen (secondary N) is 2. The molecule has 0 aliphatic carbocycles. The molecule has 0 aliphatic heterocycles. The maximum atomic E-state index is 11.4. The second kappa shape index (κ2) is 6.61. The van der Waals surface area contributed by atoms with Gasteiger partial charge in [0, 0.05) is 24.7 Å². The smallest absolute Gasteiger partial charge is 0.251 e. The van der Waals surface area contributed by atoms with Crippen molar-refractivity contribution in [1.29, 1.82) is 0 Å². The van der Waals surface area contributed by atoms with Crippen LogP contribution in [0, 0.1) is 0 Å². The molecule has 4 nitrogen and oxygen atoms in total. The Morgan fingerprint density at radius 3 is 2.19 bits per heavy atom. The summed E-state index contributed by atoms with van der Waals surface area (Å²) in [5.41, 5.74) is 1.28. The van der Waals surface area contributed by atoms with Gasteiger partial charge < -0.3 is 10.6 Å². The summed E-state index contributed by atoms with van der Waals surface area (Å²) in [5, 5.41) is 5.33. The van der Waals surface area contributed by atoms with Crippen molar-refractivity contribution < 1.29 is 9.59 Å². The minimum Gasteiger partial charge on any atom is -0.352 e. The molecule has 1 aromatic rings. The van der Waals surface area contributed by atoms with Gasteiger partial charge in [0.15, 0.2) is 0 Å². The second-order valence-electron chi connectivity index (χ2n) is 3.12. The standard InChI is InChI=1S/C11H14N2O2.CH4/c1-3-12-11(15)9-4-6-10(7-5-9)13-8(2)14;/h4-7H,3H2,1-2H3,(H,12,15)(H,13,14);1H4. The first-order valence-electron chi connectivity index (χ1n) is 4.79. The zero-order valence-corrected chi connectivity index (χ0v) is 8.83. The van der Waals surface area contributed by atoms with Crippen LogP contribution in [0.1, 0.15) is 31.6 Å². The molecule has 0 bridgehead atoms. The molecular weight excluding hydrogens is 204 g/mol. The van der Waals surface area contributed by atoms with E-state index in [0.717, 1.165) is 0 Å². The fourth-order valence-electron chi connectivity index (χ4n) is 1.17. The Balaban J connectivity index is 0.00000225. The van der Waals surface area contributed by atoms with Crippen molar-refractivity contribution in [3.05, 3.63) is 29.8 Å². The highest BCUT2D eigenvalue weighted by atomic mass is 16.2. The van der Waals surface area contributed by atoms with Crippen LogP contribution in [0.3, 0.4) is 0 Å². The van der Waals surface area contributed by atoms with Crippen LogP contribution in [0.2, 0.25) is 0 Å². The van der Waals surface area contributed by atoms with E-state index in [2.05, 4.69) is 10.6 Å². The maximum Gasteiger partial charge on any atom is 0.251 e. The summed E-state index contributed by atoms with van der Waals surface area (Å²) in [6.07, 6.45) is 0. The Bertz CT molecular complexity index is 358. The minimum absolute atomic E-state index is 0. The van der Waals surface area contributed by atoms with E-state index in [4.69, 9.17) is 0 Å². The van der Waals surface area contributed by atoms with Gasteiger partial charge in [0.25, 0.3) is 5.91 Å². The third-order valence-electron chi connectivity index (χ3n) is 1.80. The van der Waals surface area contributed by atoms with Gasteiger partial charge in [-0.3, -0.25) is 9.59 Å². The fraction of sp³-hybridized carbons (Fsp3) is 0.333. The molecule has 0 spiro atoms. The number of carbonyl (C=O) groups is 2. The quantitative estimate of drug-likeness (QED) is 0.822. The summed E-state index contributed by atoms with van der Waals surface area (Å²) in [6.45, 7) is 3.91. The first-order valence-corrected chi connectivity index (χ1v) is 4.79. The SMILES string of the molecule is C.CCNC(=O)c1ccc(NC(C)=O)cc1. The highest BCUT2D eigenvalue weighted by Gasteiger charge is 2.03. The van der Waals surface area contributed by atoms with Crippen molar-refractivity contribution >= 4 is 17.5 Å². The molecular formula is C12H18N2O2. The number of hydrogen-bond donors (Lipinski definition) is 2. The third kappa shape index (κ3) is 4.13. The van der Waals surface area contributed by atoms with Gasteiger partial charge in [-0.2, -0.15) is 0 Å². The fourth-order valence-corrected chi connectivity index (χ4v) is 1.17. The minimum atomic E-state index is -0.124. The molecule has 1 aromatic carbocycles. The van der Waals surface area contributed by atoms with Gasteiger partial charge in [-0.15, -0.1) is 0 Å². The first kappa shape index (κ1) is 14.2. The first-order chi connectivity index (χ1) is 7.13. The summed E-state index contributed by atoms with van der Waals surface area (Å²) in [7, 11) is 0. The largest absolute Gasteiger partial charge is 0.352 e. The monoisotopic (exact) mass is 222 g/mol. The summed E-state index contributed by atoms with van der Waals surface area (Å²) in [6, 6.07) is 6.75. The van der Waals surface area contributed by atoms with Crippen molar-refractivity contribution in [1.82, 2.24) is 5.32 Å². The lowest BCUT2D eigenvalue weighted by molar-refractivity contribution is -0.114. The van der Waals surface area contributed by atoms with Gasteiger partial charge >= 0.3 is 0 Å². The van der Waals surface area contributed by atoms with Crippen LogP contribution in [-0.2, 0) is 4.79 Å². The number of benzene rings is 1. The van der Waals surface area contributed by atoms with E-state index in [1.807, 2.05) is 6.92 Å². The molecule has 4 heteroatoms. The molecule has 0 aliphatic rings. The summed E-state index contributed by atoms with van der Waals surface area (Å²) in [5.74, 6) is -0.229. The second-order valence-corrected chi connectivity index (χ2v) is 3.12. The molecule has 0 fully saturated rings. The van der Waals surface area contributed by atoms with Gasteiger partial charge in [-0.25, -0.2) is 0 Å². The van der Waals surface area contributed by atoms with E-state index >= 15 is 0 Å². The van der Waals surface area contributed by atoms with Crippen molar-refractivity contribution in [2.45, 2.75) is 21.3 Å². The van der Waals surface area contributed by atoms with Crippen LogP contribution in [0.25, 0.3) is 0 Å². The molecule has 0 saturated heterocycles. The molecule has 0 saturated carbocycles. The van der Waals surface area contributed by atoms with Crippen molar-refractivity contribution in [3.8, 4) is 0 Å². The lowest BCUT2D eigenvalue weighted by atomic mass is 10.2. The Kier molecular flexibility index (Phi) is 5.85. The number of carbonyl (C=O) groups excluding carboxylic acids is 2. The highest BCUT2D eigenvalue weighted by Crippen LogP contribution is 2.09. The molecule has 16 heavy (non-hydrogen) atoms. The average Bonchev–Trinajstić information content (AvgIpc) is 2.18. The van der Waals surface area contributed by atoms with Crippen molar-refractivity contribution in [3.63, 3.8) is 0 Å². The normalized spacial score (nSPS) is 8.88. The zero-order chi connectivity index (χ0) is 11.3. The molecule has 0 heterocycles. The Morgan fingerprint density at radius 2 is 1.75 bits per heavy atom. The van der Waals surface area contributed by atoms with Crippen LogP contribution in [0.4, 0.5) is 5.69 Å². The van der Waals surface area contributed by atoms with Crippen LogP contribution in [-0.4, -0.2) is 18.4 Å². The molecule has 0 unspecified atom stereocenters. The molecule has 88 valence electrons. The van der Waals surface area contributed by atoms with E-state index in [1.165, 1.54) is 6.92 Å². The van der Waals surface area contributed by atoms with Gasteiger partial charge in [0.05, 0.1) is 0 Å². The molecule has 0 atom stereocenters. The Morgan fingerprint density at radius 1 is 1.19 bits per heavy atom. The summed E-state index contributed by atoms with van der Waals surface area (Å²) >= 11 is 0. The third-order valence-corrected chi connectivity index (χ3v) is 1.80. The van der Waals surface area contributed by atoms with E-state index in [1.54, 1.807) is 24.3 Å². The van der Waals surface area contributed by atoms with E-state index in [-0.39, 0.29) is 19.2 Å². The molecule has 2 amide bonds. The molecule has 0 aromatic heterocycles. The van der Waals surface area contributed by atoms with Gasteiger partial charge in [-0.1, -0.05) is 7.43 Å². The highest BCUT2D eigenvalue weighted by molar-refractivity contribution is 5.95. The van der Waals surface area contributed by atoms with Gasteiger partial charge in [0.2, 0.25) is 5.91 Å². The predicted molar refractivity (Wildman–Crippen MR) is 65.5 cm³/mol. The summed E-state index contributed by atoms with van der Waals surface area (Å²) in [4.78, 5) is 22.1. The van der Waals surface area contributed by atoms with Crippen molar-refractivity contribution in [2.24, 2.45) is 0 Å². The lowest BCUT2D eigenvalue weighted by Gasteiger charge is -2.04. The van der Waals surface area contributed by atoms with E-state index < -0.39 is 0 Å². The Labute approximate surface area is 96.0 Å².